The lowest BCUT2D eigenvalue weighted by molar-refractivity contribution is 0.121. The predicted octanol–water partition coefficient (Wildman–Crippen LogP) is 4.84. The van der Waals surface area contributed by atoms with Gasteiger partial charge in [0, 0.05) is 13.1 Å². The smallest absolute Gasteiger partial charge is 0.227 e. The number of nitrogens with zero attached hydrogens (tertiary/aromatic N) is 3. The number of rotatable bonds is 12. The number of aromatic nitrogens is 2. The van der Waals surface area contributed by atoms with Crippen LogP contribution < -0.4 is 14.2 Å². The van der Waals surface area contributed by atoms with Crippen LogP contribution in [0.1, 0.15) is 38.4 Å². The molecular formula is C26H35N3O4. The summed E-state index contributed by atoms with van der Waals surface area (Å²) in [5.74, 6) is 2.70. The van der Waals surface area contributed by atoms with Gasteiger partial charge in [0.05, 0.1) is 37.3 Å². The second-order valence-corrected chi connectivity index (χ2v) is 8.03. The fourth-order valence-corrected chi connectivity index (χ4v) is 3.88. The van der Waals surface area contributed by atoms with Crippen molar-refractivity contribution >= 4 is 0 Å². The Morgan fingerprint density at radius 1 is 1.00 bits per heavy atom. The summed E-state index contributed by atoms with van der Waals surface area (Å²) in [6.07, 6.45) is 1.33. The maximum absolute atomic E-state index is 10.0. The van der Waals surface area contributed by atoms with Crippen LogP contribution in [0.2, 0.25) is 0 Å². The fraction of sp³-hybridized carbons (Fsp3) is 0.423. The van der Waals surface area contributed by atoms with Gasteiger partial charge in [0.2, 0.25) is 5.88 Å². The van der Waals surface area contributed by atoms with Gasteiger partial charge in [0.25, 0.3) is 0 Å². The van der Waals surface area contributed by atoms with Crippen LogP contribution in [0, 0.1) is 0 Å². The van der Waals surface area contributed by atoms with E-state index in [2.05, 4.69) is 18.7 Å². The summed E-state index contributed by atoms with van der Waals surface area (Å²) in [5.41, 5.74) is 2.84. The lowest BCUT2D eigenvalue weighted by atomic mass is 10.1. The molecule has 0 aliphatic heterocycles. The van der Waals surface area contributed by atoms with Gasteiger partial charge in [-0.15, -0.1) is 0 Å². The monoisotopic (exact) mass is 453 g/mol. The van der Waals surface area contributed by atoms with E-state index in [9.17, 15) is 5.11 Å². The van der Waals surface area contributed by atoms with Crippen LogP contribution in [-0.4, -0.2) is 53.2 Å². The average Bonchev–Trinajstić information content (AvgIpc) is 3.16. The van der Waals surface area contributed by atoms with Crippen molar-refractivity contribution in [2.45, 2.75) is 46.3 Å². The van der Waals surface area contributed by atoms with Gasteiger partial charge in [0.1, 0.15) is 5.75 Å². The van der Waals surface area contributed by atoms with Crippen LogP contribution in [0.5, 0.6) is 23.1 Å². The van der Waals surface area contributed by atoms with Crippen LogP contribution in [0.3, 0.4) is 0 Å². The van der Waals surface area contributed by atoms with Crippen molar-refractivity contribution < 1.29 is 19.3 Å². The van der Waals surface area contributed by atoms with Crippen molar-refractivity contribution in [3.05, 3.63) is 59.8 Å². The SMILES string of the molecule is CCCN(Cc1c(CC)nn(-c2ccc(OC)cc2)c1Oc1ccccc1OC)C[C@H](C)O. The van der Waals surface area contributed by atoms with E-state index in [1.54, 1.807) is 14.2 Å². The summed E-state index contributed by atoms with van der Waals surface area (Å²) in [6, 6.07) is 15.3. The van der Waals surface area contributed by atoms with E-state index in [1.807, 2.05) is 60.1 Å². The molecule has 178 valence electrons. The van der Waals surface area contributed by atoms with Gasteiger partial charge in [-0.2, -0.15) is 5.10 Å². The molecule has 0 unspecified atom stereocenters. The Bertz CT molecular complexity index is 1010. The molecule has 0 amide bonds. The summed E-state index contributed by atoms with van der Waals surface area (Å²) in [5, 5.41) is 15.0. The first-order chi connectivity index (χ1) is 16.0. The molecule has 3 rings (SSSR count). The molecule has 1 N–H and O–H groups in total. The summed E-state index contributed by atoms with van der Waals surface area (Å²) in [6.45, 7) is 8.13. The lowest BCUT2D eigenvalue weighted by Gasteiger charge is -2.24. The number of methoxy groups -OCH3 is 2. The second kappa shape index (κ2) is 11.7. The molecule has 1 atom stereocenters. The van der Waals surface area contributed by atoms with E-state index in [-0.39, 0.29) is 0 Å². The summed E-state index contributed by atoms with van der Waals surface area (Å²) in [4.78, 5) is 2.24. The van der Waals surface area contributed by atoms with E-state index in [0.717, 1.165) is 42.1 Å². The first-order valence-electron chi connectivity index (χ1n) is 11.5. The van der Waals surface area contributed by atoms with Gasteiger partial charge >= 0.3 is 0 Å². The molecule has 0 fully saturated rings. The van der Waals surface area contributed by atoms with Crippen molar-refractivity contribution in [3.63, 3.8) is 0 Å². The highest BCUT2D eigenvalue weighted by Crippen LogP contribution is 2.36. The summed E-state index contributed by atoms with van der Waals surface area (Å²) < 4.78 is 19.2. The summed E-state index contributed by atoms with van der Waals surface area (Å²) >= 11 is 0. The molecule has 1 aromatic heterocycles. The second-order valence-electron chi connectivity index (χ2n) is 8.03. The van der Waals surface area contributed by atoms with Crippen molar-refractivity contribution in [1.29, 1.82) is 0 Å². The molecule has 2 aromatic carbocycles. The number of hydrogen-bond donors (Lipinski definition) is 1. The molecule has 0 aliphatic rings. The van der Waals surface area contributed by atoms with E-state index in [1.165, 1.54) is 0 Å². The number of aliphatic hydroxyl groups is 1. The number of aryl methyl sites for hydroxylation is 1. The Hall–Kier alpha value is -3.03. The molecule has 0 radical (unpaired) electrons. The number of benzene rings is 2. The highest BCUT2D eigenvalue weighted by atomic mass is 16.5. The van der Waals surface area contributed by atoms with E-state index in [4.69, 9.17) is 19.3 Å². The minimum Gasteiger partial charge on any atom is -0.497 e. The molecular weight excluding hydrogens is 418 g/mol. The zero-order valence-corrected chi connectivity index (χ0v) is 20.2. The molecule has 7 heteroatoms. The normalized spacial score (nSPS) is 12.1. The molecule has 0 aliphatic carbocycles. The maximum Gasteiger partial charge on any atom is 0.227 e. The Morgan fingerprint density at radius 3 is 2.27 bits per heavy atom. The standard InChI is InChI=1S/C26H35N3O4/c1-6-16-28(17-19(3)30)18-22-23(7-2)27-29(20-12-14-21(31-4)15-13-20)26(22)33-25-11-9-8-10-24(25)32-5/h8-15,19,30H,6-7,16-18H2,1-5H3/t19-/m0/s1. The largest absolute Gasteiger partial charge is 0.497 e. The number of aliphatic hydroxyl groups excluding tert-OH is 1. The predicted molar refractivity (Wildman–Crippen MR) is 130 cm³/mol. The molecule has 1 heterocycles. The first kappa shape index (κ1) is 24.6. The molecule has 0 saturated carbocycles. The van der Waals surface area contributed by atoms with Gasteiger partial charge in [-0.3, -0.25) is 4.90 Å². The third kappa shape index (κ3) is 6.06. The van der Waals surface area contributed by atoms with Crippen LogP contribution in [0.15, 0.2) is 48.5 Å². The van der Waals surface area contributed by atoms with Crippen LogP contribution >= 0.6 is 0 Å². The van der Waals surface area contributed by atoms with Gasteiger partial charge in [0.15, 0.2) is 11.5 Å². The molecule has 0 bridgehead atoms. The quantitative estimate of drug-likeness (QED) is 0.423. The molecule has 33 heavy (non-hydrogen) atoms. The summed E-state index contributed by atoms with van der Waals surface area (Å²) in [7, 11) is 3.28. The van der Waals surface area contributed by atoms with E-state index < -0.39 is 6.10 Å². The number of ether oxygens (including phenoxy) is 3. The van der Waals surface area contributed by atoms with Gasteiger partial charge in [-0.25, -0.2) is 4.68 Å². The molecule has 0 saturated heterocycles. The van der Waals surface area contributed by atoms with Gasteiger partial charge < -0.3 is 19.3 Å². The molecule has 7 nitrogen and oxygen atoms in total. The topological polar surface area (TPSA) is 69.0 Å². The third-order valence-electron chi connectivity index (χ3n) is 5.39. The Kier molecular flexibility index (Phi) is 8.74. The molecule has 0 spiro atoms. The highest BCUT2D eigenvalue weighted by molar-refractivity contribution is 5.48. The van der Waals surface area contributed by atoms with E-state index >= 15 is 0 Å². The van der Waals surface area contributed by atoms with Crippen LogP contribution in [0.25, 0.3) is 5.69 Å². The third-order valence-corrected chi connectivity index (χ3v) is 5.39. The van der Waals surface area contributed by atoms with Crippen molar-refractivity contribution in [2.24, 2.45) is 0 Å². The first-order valence-corrected chi connectivity index (χ1v) is 11.5. The fourth-order valence-electron chi connectivity index (χ4n) is 3.88. The van der Waals surface area contributed by atoms with Crippen molar-refractivity contribution in [2.75, 3.05) is 27.3 Å². The zero-order chi connectivity index (χ0) is 23.8. The zero-order valence-electron chi connectivity index (χ0n) is 20.2. The Labute approximate surface area is 196 Å². The average molecular weight is 454 g/mol. The number of para-hydroxylation sites is 2. The van der Waals surface area contributed by atoms with Gasteiger partial charge in [-0.1, -0.05) is 26.0 Å². The number of hydrogen-bond acceptors (Lipinski definition) is 6. The van der Waals surface area contributed by atoms with Crippen molar-refractivity contribution in [3.8, 4) is 28.8 Å². The van der Waals surface area contributed by atoms with E-state index in [0.29, 0.717) is 30.5 Å². The minimum atomic E-state index is -0.420. The van der Waals surface area contributed by atoms with Crippen molar-refractivity contribution in [1.82, 2.24) is 14.7 Å². The highest BCUT2D eigenvalue weighted by Gasteiger charge is 2.24. The van der Waals surface area contributed by atoms with Crippen LogP contribution in [-0.2, 0) is 13.0 Å². The maximum atomic E-state index is 10.0. The van der Waals surface area contributed by atoms with Crippen LogP contribution in [0.4, 0.5) is 0 Å². The Morgan fingerprint density at radius 2 is 1.70 bits per heavy atom. The lowest BCUT2D eigenvalue weighted by Crippen LogP contribution is -2.31. The Balaban J connectivity index is 2.12. The van der Waals surface area contributed by atoms with Gasteiger partial charge in [-0.05, 0) is 62.7 Å². The molecule has 3 aromatic rings. The minimum absolute atomic E-state index is 0.420.